The maximum Gasteiger partial charge on any atom is 3.00 e. The van der Waals surface area contributed by atoms with Gasteiger partial charge in [0.15, 0.2) is 0 Å². The van der Waals surface area contributed by atoms with Crippen LogP contribution in [-0.4, -0.2) is 108 Å². The normalized spacial score (nSPS) is 6.55. The molecule has 0 atom stereocenters. The van der Waals surface area contributed by atoms with Crippen molar-refractivity contribution in [3.05, 3.63) is 0 Å². The smallest absolute Gasteiger partial charge is 0.550 e. The molecular weight excluding hydrogens is 630 g/mol. The van der Waals surface area contributed by atoms with Crippen LogP contribution >= 0.6 is 0 Å². The molecule has 0 aromatic rings. The SMILES string of the molecule is CC(=O)[O-].CC(=O)[O-].CC(=O)[O-].CC(=O)[O-].CC(=O)[O-].CC(=O)[O-].CCOC(C)=O.CCOC(C)=O.CCOC(C)=O.[Al+3].[Al+3]. The number of esters is 3. The van der Waals surface area contributed by atoms with E-state index in [0.29, 0.717) is 19.8 Å². The molecule has 0 aliphatic heterocycles. The van der Waals surface area contributed by atoms with Crippen molar-refractivity contribution in [2.45, 2.75) is 83.1 Å². The minimum Gasteiger partial charge on any atom is -0.550 e. The molecular formula is C24H42Al2O18. The van der Waals surface area contributed by atoms with Gasteiger partial charge in [0.2, 0.25) is 0 Å². The summed E-state index contributed by atoms with van der Waals surface area (Å²) in [4.78, 5) is 82.8. The zero-order chi connectivity index (χ0) is 36.4. The predicted molar refractivity (Wildman–Crippen MR) is 143 cm³/mol. The van der Waals surface area contributed by atoms with Gasteiger partial charge in [0, 0.05) is 56.6 Å². The van der Waals surface area contributed by atoms with E-state index in [4.69, 9.17) is 59.4 Å². The molecule has 0 unspecified atom stereocenters. The minimum absolute atomic E-state index is 0. The Labute approximate surface area is 278 Å². The summed E-state index contributed by atoms with van der Waals surface area (Å²) < 4.78 is 13.2. The number of rotatable bonds is 3. The van der Waals surface area contributed by atoms with Gasteiger partial charge in [-0.1, -0.05) is 0 Å². The van der Waals surface area contributed by atoms with Crippen molar-refractivity contribution in [2.24, 2.45) is 0 Å². The second-order valence-corrected chi connectivity index (χ2v) is 5.72. The number of hydrogen-bond donors (Lipinski definition) is 0. The molecule has 18 nitrogen and oxygen atoms in total. The molecule has 44 heavy (non-hydrogen) atoms. The van der Waals surface area contributed by atoms with Gasteiger partial charge in [-0.3, -0.25) is 14.4 Å². The third-order valence-electron chi connectivity index (χ3n) is 1.04. The van der Waals surface area contributed by atoms with Gasteiger partial charge in [-0.05, 0) is 62.3 Å². The largest absolute Gasteiger partial charge is 3.00 e. The Morgan fingerprint density at radius 3 is 0.409 bits per heavy atom. The summed E-state index contributed by atoms with van der Waals surface area (Å²) in [7, 11) is 0. The van der Waals surface area contributed by atoms with Gasteiger partial charge in [0.1, 0.15) is 0 Å². The molecule has 0 aromatic carbocycles. The summed E-state index contributed by atoms with van der Waals surface area (Å²) in [5.74, 6) is -7.13. The molecule has 20 heteroatoms. The molecule has 0 spiro atoms. The van der Waals surface area contributed by atoms with Crippen LogP contribution in [-0.2, 0) is 57.4 Å². The van der Waals surface area contributed by atoms with E-state index in [-0.39, 0.29) is 52.6 Å². The first-order valence-corrected chi connectivity index (χ1v) is 11.2. The van der Waals surface area contributed by atoms with Gasteiger partial charge < -0.3 is 73.6 Å². The van der Waals surface area contributed by atoms with Crippen LogP contribution in [0.25, 0.3) is 0 Å². The fraction of sp³-hybridized carbons (Fsp3) is 0.625. The Morgan fingerprint density at radius 1 is 0.341 bits per heavy atom. The van der Waals surface area contributed by atoms with E-state index >= 15 is 0 Å². The van der Waals surface area contributed by atoms with E-state index in [2.05, 4.69) is 14.2 Å². The summed E-state index contributed by atoms with van der Waals surface area (Å²) in [6.45, 7) is 16.8. The number of carboxylic acid groups (broad SMARTS) is 6. The Hall–Kier alpha value is -3.71. The average molecular weight is 673 g/mol. The van der Waals surface area contributed by atoms with Gasteiger partial charge in [-0.2, -0.15) is 0 Å². The van der Waals surface area contributed by atoms with Crippen molar-refractivity contribution in [3.8, 4) is 0 Å². The van der Waals surface area contributed by atoms with Gasteiger partial charge >= 0.3 is 52.6 Å². The summed E-state index contributed by atoms with van der Waals surface area (Å²) in [5, 5.41) is 53.3. The molecule has 0 amide bonds. The zero-order valence-electron chi connectivity index (χ0n) is 27.1. The monoisotopic (exact) mass is 672 g/mol. The molecule has 0 saturated carbocycles. The van der Waals surface area contributed by atoms with Crippen LogP contribution in [0.5, 0.6) is 0 Å². The molecule has 0 heterocycles. The third kappa shape index (κ3) is 1900. The van der Waals surface area contributed by atoms with E-state index < -0.39 is 35.8 Å². The van der Waals surface area contributed by atoms with Crippen molar-refractivity contribution >= 4 is 88.4 Å². The zero-order valence-corrected chi connectivity index (χ0v) is 29.4. The van der Waals surface area contributed by atoms with Gasteiger partial charge in [0.05, 0.1) is 19.8 Å². The van der Waals surface area contributed by atoms with Crippen LogP contribution < -0.4 is 30.6 Å². The second kappa shape index (κ2) is 67.1. The molecule has 252 valence electrons. The molecule has 0 aromatic heterocycles. The standard InChI is InChI=1S/3C4H8O2.6C2H4O2.2Al/c3*1-3-6-4(2)5;6*1-2(3)4;;/h3*3H2,1-2H3;6*1H3,(H,3,4);;/q;;;;;;;;;2*+3/p-6. The average Bonchev–Trinajstić information content (AvgIpc) is 2.66. The molecule has 0 aliphatic rings. The van der Waals surface area contributed by atoms with Crippen molar-refractivity contribution in [2.75, 3.05) is 19.8 Å². The number of hydrogen-bond acceptors (Lipinski definition) is 18. The number of carbonyl (C=O) groups excluding carboxylic acids is 9. The number of aliphatic carboxylic acids is 6. The maximum absolute atomic E-state index is 9.82. The van der Waals surface area contributed by atoms with Crippen LogP contribution in [0.3, 0.4) is 0 Å². The van der Waals surface area contributed by atoms with Crippen LogP contribution in [0.15, 0.2) is 0 Å². The first kappa shape index (κ1) is 72.5. The fourth-order valence-electron chi connectivity index (χ4n) is 0.610. The Bertz CT molecular complexity index is 571. The number of ether oxygens (including phenoxy) is 3. The fourth-order valence-corrected chi connectivity index (χ4v) is 0.610. The number of carboxylic acids is 6. The van der Waals surface area contributed by atoms with Gasteiger partial charge in [0.25, 0.3) is 0 Å². The third-order valence-corrected chi connectivity index (χ3v) is 1.04. The maximum atomic E-state index is 9.82. The number of carbonyl (C=O) groups is 9. The molecule has 0 radical (unpaired) electrons. The van der Waals surface area contributed by atoms with E-state index in [1.165, 1.54) is 20.8 Å². The van der Waals surface area contributed by atoms with Crippen molar-refractivity contribution in [1.82, 2.24) is 0 Å². The van der Waals surface area contributed by atoms with Crippen molar-refractivity contribution in [3.63, 3.8) is 0 Å². The molecule has 0 N–H and O–H groups in total. The Kier molecular flexibility index (Phi) is 111. The van der Waals surface area contributed by atoms with Crippen LogP contribution in [0.1, 0.15) is 83.1 Å². The van der Waals surface area contributed by atoms with Crippen LogP contribution in [0, 0.1) is 0 Å². The molecule has 0 aliphatic carbocycles. The van der Waals surface area contributed by atoms with E-state index in [1.807, 2.05) is 0 Å². The van der Waals surface area contributed by atoms with E-state index in [1.54, 1.807) is 20.8 Å². The second-order valence-electron chi connectivity index (χ2n) is 5.72. The molecule has 0 fully saturated rings. The summed E-state index contributed by atoms with van der Waals surface area (Å²) >= 11 is 0. The Morgan fingerprint density at radius 2 is 0.409 bits per heavy atom. The summed E-state index contributed by atoms with van der Waals surface area (Å²) in [6, 6.07) is 0. The van der Waals surface area contributed by atoms with E-state index in [9.17, 15) is 14.4 Å². The van der Waals surface area contributed by atoms with Crippen molar-refractivity contribution < 1.29 is 88.0 Å². The summed E-state index contributed by atoms with van der Waals surface area (Å²) in [6.07, 6.45) is 0. The van der Waals surface area contributed by atoms with Crippen LogP contribution in [0.4, 0.5) is 0 Å². The van der Waals surface area contributed by atoms with E-state index in [0.717, 1.165) is 41.5 Å². The van der Waals surface area contributed by atoms with Gasteiger partial charge in [-0.15, -0.1) is 0 Å². The Balaban J connectivity index is -0.0000000310. The van der Waals surface area contributed by atoms with Gasteiger partial charge in [-0.25, -0.2) is 0 Å². The minimum atomic E-state index is -1.08. The molecule has 0 rings (SSSR count). The quantitative estimate of drug-likeness (QED) is 0.153. The molecule has 0 bridgehead atoms. The first-order valence-electron chi connectivity index (χ1n) is 11.2. The van der Waals surface area contributed by atoms with Crippen LogP contribution in [0.2, 0.25) is 0 Å². The first-order chi connectivity index (χ1) is 18.7. The predicted octanol–water partition coefficient (Wildman–Crippen LogP) is -6.52. The summed E-state index contributed by atoms with van der Waals surface area (Å²) in [5.41, 5.74) is 0. The topological polar surface area (TPSA) is 320 Å². The van der Waals surface area contributed by atoms with Crippen molar-refractivity contribution in [1.29, 1.82) is 0 Å². The molecule has 0 saturated heterocycles.